The zero-order chi connectivity index (χ0) is 10.9. The number of hydrogen-bond donors (Lipinski definition) is 1. The number of phenols is 1. The lowest BCUT2D eigenvalue weighted by Crippen LogP contribution is -2.38. The summed E-state index contributed by atoms with van der Waals surface area (Å²) in [6, 6.07) is 3.69. The Balaban J connectivity index is 3.44. The zero-order valence-corrected chi connectivity index (χ0v) is 10.1. The van der Waals surface area contributed by atoms with Gasteiger partial charge in [0.25, 0.3) is 0 Å². The van der Waals surface area contributed by atoms with Crippen LogP contribution < -0.4 is 5.19 Å². The molecule has 1 aromatic carbocycles. The van der Waals surface area contributed by atoms with E-state index < -0.39 is 8.07 Å². The van der Waals surface area contributed by atoms with Crippen molar-refractivity contribution in [2.24, 2.45) is 0 Å². The largest absolute Gasteiger partial charge is 0.507 e. The maximum Gasteiger partial charge on any atom is 0.153 e. The van der Waals surface area contributed by atoms with Crippen LogP contribution >= 0.6 is 0 Å². The molecular formula is C11H16O2Si. The van der Waals surface area contributed by atoms with Gasteiger partial charge in [0.05, 0.1) is 13.6 Å². The molecule has 0 radical (unpaired) electrons. The van der Waals surface area contributed by atoms with Crippen LogP contribution in [0.1, 0.15) is 15.9 Å². The molecule has 14 heavy (non-hydrogen) atoms. The van der Waals surface area contributed by atoms with Crippen molar-refractivity contribution < 1.29 is 9.90 Å². The maximum absolute atomic E-state index is 10.7. The molecule has 1 rings (SSSR count). The predicted molar refractivity (Wildman–Crippen MR) is 61.2 cm³/mol. The topological polar surface area (TPSA) is 37.3 Å². The van der Waals surface area contributed by atoms with Crippen molar-refractivity contribution in [3.63, 3.8) is 0 Å². The fourth-order valence-corrected chi connectivity index (χ4v) is 2.98. The lowest BCUT2D eigenvalue weighted by molar-refractivity contribution is 0.112. The van der Waals surface area contributed by atoms with E-state index in [1.807, 2.05) is 13.0 Å². The second-order valence-electron chi connectivity index (χ2n) is 4.62. The number of aldehydes is 1. The number of benzene rings is 1. The van der Waals surface area contributed by atoms with Gasteiger partial charge in [0.2, 0.25) is 0 Å². The van der Waals surface area contributed by atoms with Crippen LogP contribution in [-0.2, 0) is 0 Å². The minimum Gasteiger partial charge on any atom is -0.507 e. The van der Waals surface area contributed by atoms with Crippen molar-refractivity contribution in [1.82, 2.24) is 0 Å². The number of carbonyl (C=O) groups excluding carboxylic acids is 1. The number of rotatable bonds is 2. The summed E-state index contributed by atoms with van der Waals surface area (Å²) in [6.45, 7) is 8.39. The van der Waals surface area contributed by atoms with E-state index in [4.69, 9.17) is 0 Å². The van der Waals surface area contributed by atoms with Gasteiger partial charge in [0, 0.05) is 0 Å². The highest BCUT2D eigenvalue weighted by molar-refractivity contribution is 6.89. The molecule has 0 amide bonds. The van der Waals surface area contributed by atoms with Gasteiger partial charge in [0.15, 0.2) is 6.29 Å². The van der Waals surface area contributed by atoms with Crippen molar-refractivity contribution in [2.45, 2.75) is 26.6 Å². The Hall–Kier alpha value is -1.09. The zero-order valence-electron chi connectivity index (χ0n) is 9.09. The van der Waals surface area contributed by atoms with E-state index in [0.717, 1.165) is 10.8 Å². The first-order valence-corrected chi connectivity index (χ1v) is 8.15. The number of aryl methyl sites for hydroxylation is 1. The van der Waals surface area contributed by atoms with Crippen molar-refractivity contribution in [3.8, 4) is 5.75 Å². The summed E-state index contributed by atoms with van der Waals surface area (Å²) < 4.78 is 0. The van der Waals surface area contributed by atoms with E-state index in [0.29, 0.717) is 11.8 Å². The van der Waals surface area contributed by atoms with E-state index >= 15 is 0 Å². The Morgan fingerprint density at radius 2 is 1.86 bits per heavy atom. The first kappa shape index (κ1) is 11.0. The lowest BCUT2D eigenvalue weighted by atomic mass is 10.1. The van der Waals surface area contributed by atoms with Crippen LogP contribution in [0.4, 0.5) is 0 Å². The molecule has 0 aliphatic heterocycles. The van der Waals surface area contributed by atoms with E-state index in [9.17, 15) is 9.90 Å². The molecule has 76 valence electrons. The summed E-state index contributed by atoms with van der Waals surface area (Å²) in [4.78, 5) is 10.7. The van der Waals surface area contributed by atoms with Gasteiger partial charge in [-0.1, -0.05) is 31.3 Å². The first-order valence-electron chi connectivity index (χ1n) is 4.65. The maximum atomic E-state index is 10.7. The summed E-state index contributed by atoms with van der Waals surface area (Å²) in [7, 11) is -1.57. The molecule has 0 aliphatic rings. The molecule has 3 heteroatoms. The molecule has 0 atom stereocenters. The number of carbonyl (C=O) groups is 1. The standard InChI is InChI=1S/C11H16O2Si/c1-8-5-9(7-12)11(13)10(6-8)14(2,3)4/h5-7,13H,1-4H3. The minimum absolute atomic E-state index is 0.171. The molecular weight excluding hydrogens is 192 g/mol. The second-order valence-corrected chi connectivity index (χ2v) is 9.66. The van der Waals surface area contributed by atoms with Crippen LogP contribution in [0.25, 0.3) is 0 Å². The van der Waals surface area contributed by atoms with Gasteiger partial charge in [-0.3, -0.25) is 4.79 Å². The normalized spacial score (nSPS) is 11.4. The summed E-state index contributed by atoms with van der Waals surface area (Å²) in [5, 5.41) is 10.8. The summed E-state index contributed by atoms with van der Waals surface area (Å²) in [6.07, 6.45) is 0.714. The SMILES string of the molecule is Cc1cc(C=O)c(O)c([Si](C)(C)C)c1. The molecule has 1 N–H and O–H groups in total. The van der Waals surface area contributed by atoms with E-state index in [1.165, 1.54) is 0 Å². The Kier molecular flexibility index (Phi) is 2.80. The Morgan fingerprint density at radius 3 is 2.29 bits per heavy atom. The van der Waals surface area contributed by atoms with Gasteiger partial charge >= 0.3 is 0 Å². The smallest absolute Gasteiger partial charge is 0.153 e. The molecule has 0 unspecified atom stereocenters. The highest BCUT2D eigenvalue weighted by Gasteiger charge is 2.22. The molecule has 0 spiro atoms. The third-order valence-electron chi connectivity index (χ3n) is 2.22. The summed E-state index contributed by atoms with van der Waals surface area (Å²) >= 11 is 0. The molecule has 1 aromatic rings. The molecule has 0 aliphatic carbocycles. The number of phenolic OH excluding ortho intramolecular Hbond substituents is 1. The quantitative estimate of drug-likeness (QED) is 0.596. The number of aromatic hydroxyl groups is 1. The van der Waals surface area contributed by atoms with Crippen LogP contribution in [0, 0.1) is 6.92 Å². The van der Waals surface area contributed by atoms with Crippen LogP contribution in [0.3, 0.4) is 0 Å². The van der Waals surface area contributed by atoms with Crippen molar-refractivity contribution >= 4 is 19.5 Å². The Morgan fingerprint density at radius 1 is 1.29 bits per heavy atom. The third-order valence-corrected chi connectivity index (χ3v) is 4.22. The molecule has 0 fully saturated rings. The highest BCUT2D eigenvalue weighted by Crippen LogP contribution is 2.18. The van der Waals surface area contributed by atoms with Crippen molar-refractivity contribution in [2.75, 3.05) is 0 Å². The lowest BCUT2D eigenvalue weighted by Gasteiger charge is -2.19. The Bertz CT molecular complexity index is 364. The van der Waals surface area contributed by atoms with E-state index in [2.05, 4.69) is 19.6 Å². The van der Waals surface area contributed by atoms with Gasteiger partial charge < -0.3 is 5.11 Å². The fraction of sp³-hybridized carbons (Fsp3) is 0.364. The van der Waals surface area contributed by atoms with Crippen LogP contribution in [0.15, 0.2) is 12.1 Å². The minimum atomic E-state index is -1.57. The molecule has 0 bridgehead atoms. The van der Waals surface area contributed by atoms with Gasteiger partial charge in [-0.25, -0.2) is 0 Å². The van der Waals surface area contributed by atoms with Gasteiger partial charge in [-0.15, -0.1) is 0 Å². The van der Waals surface area contributed by atoms with Crippen LogP contribution in [0.2, 0.25) is 19.6 Å². The summed E-state index contributed by atoms with van der Waals surface area (Å²) in [5.74, 6) is 0.171. The van der Waals surface area contributed by atoms with Gasteiger partial charge in [-0.2, -0.15) is 0 Å². The van der Waals surface area contributed by atoms with E-state index in [-0.39, 0.29) is 5.75 Å². The first-order chi connectivity index (χ1) is 6.36. The molecule has 0 saturated heterocycles. The predicted octanol–water partition coefficient (Wildman–Crippen LogP) is 2.06. The van der Waals surface area contributed by atoms with Crippen LogP contribution in [0.5, 0.6) is 5.75 Å². The molecule has 2 nitrogen and oxygen atoms in total. The van der Waals surface area contributed by atoms with Crippen molar-refractivity contribution in [3.05, 3.63) is 23.3 Å². The van der Waals surface area contributed by atoms with Gasteiger partial charge in [-0.05, 0) is 18.2 Å². The average molecular weight is 208 g/mol. The van der Waals surface area contributed by atoms with Crippen LogP contribution in [-0.4, -0.2) is 19.5 Å². The monoisotopic (exact) mass is 208 g/mol. The molecule has 0 saturated carbocycles. The van der Waals surface area contributed by atoms with Gasteiger partial charge in [0.1, 0.15) is 5.75 Å². The number of hydrogen-bond acceptors (Lipinski definition) is 2. The summed E-state index contributed by atoms with van der Waals surface area (Å²) in [5.41, 5.74) is 1.43. The second kappa shape index (κ2) is 3.57. The molecule has 0 heterocycles. The van der Waals surface area contributed by atoms with Crippen molar-refractivity contribution in [1.29, 1.82) is 0 Å². The highest BCUT2D eigenvalue weighted by atomic mass is 28.3. The third kappa shape index (κ3) is 2.04. The van der Waals surface area contributed by atoms with E-state index in [1.54, 1.807) is 6.07 Å². The Labute approximate surface area is 85.6 Å². The molecule has 0 aromatic heterocycles. The fourth-order valence-electron chi connectivity index (χ4n) is 1.47. The average Bonchev–Trinajstić information content (AvgIpc) is 2.06.